The topological polar surface area (TPSA) is 49.4 Å². The smallest absolute Gasteiger partial charge is 0.214 e. The molecule has 0 aliphatic carbocycles. The van der Waals surface area contributed by atoms with Gasteiger partial charge in [-0.05, 0) is 50.2 Å². The third kappa shape index (κ3) is 5.53. The van der Waals surface area contributed by atoms with Crippen molar-refractivity contribution in [2.45, 2.75) is 38.6 Å². The third-order valence-electron chi connectivity index (χ3n) is 3.70. The van der Waals surface area contributed by atoms with Crippen molar-refractivity contribution in [2.75, 3.05) is 25.4 Å². The van der Waals surface area contributed by atoms with E-state index in [1.165, 1.54) is 0 Å². The maximum Gasteiger partial charge on any atom is 0.214 e. The number of sulfonamides is 1. The van der Waals surface area contributed by atoms with Gasteiger partial charge in [-0.15, -0.1) is 23.7 Å². The molecule has 0 atom stereocenters. The van der Waals surface area contributed by atoms with E-state index in [-0.39, 0.29) is 24.2 Å². The van der Waals surface area contributed by atoms with Crippen molar-refractivity contribution in [3.05, 3.63) is 22.4 Å². The quantitative estimate of drug-likeness (QED) is 0.820. The Kier molecular flexibility index (Phi) is 8.19. The highest BCUT2D eigenvalue weighted by Gasteiger charge is 2.29. The zero-order valence-corrected chi connectivity index (χ0v) is 14.9. The Morgan fingerprint density at radius 1 is 1.38 bits per heavy atom. The van der Waals surface area contributed by atoms with E-state index < -0.39 is 10.0 Å². The van der Waals surface area contributed by atoms with E-state index in [0.717, 1.165) is 37.2 Å². The van der Waals surface area contributed by atoms with Crippen LogP contribution in [0.3, 0.4) is 0 Å². The van der Waals surface area contributed by atoms with Gasteiger partial charge in [0.1, 0.15) is 0 Å². The summed E-state index contributed by atoms with van der Waals surface area (Å²) in [5, 5.41) is 5.30. The van der Waals surface area contributed by atoms with Crippen LogP contribution < -0.4 is 5.32 Å². The first kappa shape index (κ1) is 18.9. The first-order valence-corrected chi connectivity index (χ1v) is 9.85. The van der Waals surface area contributed by atoms with Crippen LogP contribution in [0.4, 0.5) is 0 Å². The molecule has 1 N–H and O–H groups in total. The molecule has 7 heteroatoms. The SMILES string of the molecule is CCCN(C1CCNCC1)S(=O)(=O)CCc1cccs1.Cl. The van der Waals surface area contributed by atoms with Crippen LogP contribution in [0.25, 0.3) is 0 Å². The van der Waals surface area contributed by atoms with E-state index >= 15 is 0 Å². The predicted molar refractivity (Wildman–Crippen MR) is 91.9 cm³/mol. The van der Waals surface area contributed by atoms with Gasteiger partial charge in [0.15, 0.2) is 0 Å². The largest absolute Gasteiger partial charge is 0.317 e. The minimum atomic E-state index is -3.15. The molecule has 0 aromatic carbocycles. The number of rotatable bonds is 7. The number of aryl methyl sites for hydroxylation is 1. The molecular formula is C14H25ClN2O2S2. The molecule has 21 heavy (non-hydrogen) atoms. The van der Waals surface area contributed by atoms with Crippen LogP contribution in [0.15, 0.2) is 17.5 Å². The number of nitrogens with one attached hydrogen (secondary N) is 1. The Labute approximate surface area is 138 Å². The van der Waals surface area contributed by atoms with Crippen LogP contribution in [0, 0.1) is 0 Å². The van der Waals surface area contributed by atoms with Crippen LogP contribution in [-0.2, 0) is 16.4 Å². The van der Waals surface area contributed by atoms with Crippen molar-refractivity contribution in [3.8, 4) is 0 Å². The number of halogens is 1. The first-order chi connectivity index (χ1) is 9.63. The van der Waals surface area contributed by atoms with Crippen molar-refractivity contribution in [1.82, 2.24) is 9.62 Å². The molecule has 1 saturated heterocycles. The monoisotopic (exact) mass is 352 g/mol. The highest BCUT2D eigenvalue weighted by atomic mass is 35.5. The standard InChI is InChI=1S/C14H24N2O2S2.ClH/c1-2-10-16(13-5-8-15-9-6-13)20(17,18)12-7-14-4-3-11-19-14;/h3-4,11,13,15H,2,5-10,12H2,1H3;1H. The van der Waals surface area contributed by atoms with Crippen molar-refractivity contribution < 1.29 is 8.42 Å². The van der Waals surface area contributed by atoms with E-state index in [0.29, 0.717) is 13.0 Å². The van der Waals surface area contributed by atoms with E-state index in [9.17, 15) is 8.42 Å². The molecule has 0 unspecified atom stereocenters. The number of hydrogen-bond donors (Lipinski definition) is 1. The fraction of sp³-hybridized carbons (Fsp3) is 0.714. The Morgan fingerprint density at radius 3 is 2.67 bits per heavy atom. The fourth-order valence-electron chi connectivity index (χ4n) is 2.67. The van der Waals surface area contributed by atoms with Crippen molar-refractivity contribution >= 4 is 33.8 Å². The van der Waals surface area contributed by atoms with E-state index in [2.05, 4.69) is 5.32 Å². The van der Waals surface area contributed by atoms with E-state index in [1.54, 1.807) is 15.6 Å². The van der Waals surface area contributed by atoms with Gasteiger partial charge in [-0.3, -0.25) is 0 Å². The lowest BCUT2D eigenvalue weighted by Gasteiger charge is -2.33. The first-order valence-electron chi connectivity index (χ1n) is 7.36. The second-order valence-electron chi connectivity index (χ2n) is 5.24. The van der Waals surface area contributed by atoms with Crippen LogP contribution in [0.2, 0.25) is 0 Å². The number of hydrogen-bond acceptors (Lipinski definition) is 4. The van der Waals surface area contributed by atoms with Crippen molar-refractivity contribution in [1.29, 1.82) is 0 Å². The normalized spacial score (nSPS) is 16.9. The molecule has 1 aliphatic rings. The minimum Gasteiger partial charge on any atom is -0.317 e. The molecule has 1 aromatic rings. The second kappa shape index (κ2) is 9.10. The van der Waals surface area contributed by atoms with Gasteiger partial charge in [-0.2, -0.15) is 4.31 Å². The molecule has 1 fully saturated rings. The molecule has 1 aromatic heterocycles. The van der Waals surface area contributed by atoms with E-state index in [1.807, 2.05) is 24.4 Å². The molecule has 4 nitrogen and oxygen atoms in total. The zero-order chi connectivity index (χ0) is 14.4. The van der Waals surface area contributed by atoms with Gasteiger partial charge < -0.3 is 5.32 Å². The lowest BCUT2D eigenvalue weighted by atomic mass is 10.1. The summed E-state index contributed by atoms with van der Waals surface area (Å²) in [6.07, 6.45) is 3.36. The molecule has 0 spiro atoms. The van der Waals surface area contributed by atoms with Gasteiger partial charge in [-0.25, -0.2) is 8.42 Å². The Hall–Kier alpha value is -0.140. The molecule has 2 heterocycles. The molecule has 0 radical (unpaired) electrons. The van der Waals surface area contributed by atoms with Crippen molar-refractivity contribution in [2.24, 2.45) is 0 Å². The zero-order valence-electron chi connectivity index (χ0n) is 12.5. The Balaban J connectivity index is 0.00000220. The summed E-state index contributed by atoms with van der Waals surface area (Å²) in [6, 6.07) is 4.17. The summed E-state index contributed by atoms with van der Waals surface area (Å²) < 4.78 is 27.0. The fourth-order valence-corrected chi connectivity index (χ4v) is 5.34. The summed E-state index contributed by atoms with van der Waals surface area (Å²) in [5.41, 5.74) is 0. The highest BCUT2D eigenvalue weighted by molar-refractivity contribution is 7.89. The summed E-state index contributed by atoms with van der Waals surface area (Å²) >= 11 is 1.63. The highest BCUT2D eigenvalue weighted by Crippen LogP contribution is 2.19. The predicted octanol–water partition coefficient (Wildman–Crippen LogP) is 2.51. The average Bonchev–Trinajstić information content (AvgIpc) is 2.97. The number of thiophene rings is 1. The molecular weight excluding hydrogens is 328 g/mol. The summed E-state index contributed by atoms with van der Waals surface area (Å²) in [6.45, 7) is 4.54. The molecule has 1 aliphatic heterocycles. The molecule has 122 valence electrons. The van der Waals surface area contributed by atoms with Gasteiger partial charge in [0.25, 0.3) is 0 Å². The Morgan fingerprint density at radius 2 is 2.10 bits per heavy atom. The lowest BCUT2D eigenvalue weighted by molar-refractivity contribution is 0.262. The van der Waals surface area contributed by atoms with Gasteiger partial charge in [0.05, 0.1) is 5.75 Å². The van der Waals surface area contributed by atoms with Crippen LogP contribution in [-0.4, -0.2) is 44.2 Å². The van der Waals surface area contributed by atoms with Crippen LogP contribution in [0.5, 0.6) is 0 Å². The maximum atomic E-state index is 12.6. The van der Waals surface area contributed by atoms with Crippen LogP contribution in [0.1, 0.15) is 31.1 Å². The average molecular weight is 353 g/mol. The van der Waals surface area contributed by atoms with Crippen molar-refractivity contribution in [3.63, 3.8) is 0 Å². The molecule has 0 bridgehead atoms. The van der Waals surface area contributed by atoms with Gasteiger partial charge in [-0.1, -0.05) is 13.0 Å². The van der Waals surface area contributed by atoms with Gasteiger partial charge in [0, 0.05) is 17.5 Å². The second-order valence-corrected chi connectivity index (χ2v) is 8.31. The summed E-state index contributed by atoms with van der Waals surface area (Å²) in [4.78, 5) is 1.15. The van der Waals surface area contributed by atoms with Crippen LogP contribution >= 0.6 is 23.7 Å². The summed E-state index contributed by atoms with van der Waals surface area (Å²) in [5.74, 6) is 0.234. The van der Waals surface area contributed by atoms with Gasteiger partial charge in [0.2, 0.25) is 10.0 Å². The van der Waals surface area contributed by atoms with Gasteiger partial charge >= 0.3 is 0 Å². The Bertz CT molecular complexity index is 485. The minimum absolute atomic E-state index is 0. The summed E-state index contributed by atoms with van der Waals surface area (Å²) in [7, 11) is -3.15. The molecule has 0 saturated carbocycles. The maximum absolute atomic E-state index is 12.6. The number of piperidine rings is 1. The number of nitrogens with zero attached hydrogens (tertiary/aromatic N) is 1. The molecule has 2 rings (SSSR count). The lowest BCUT2D eigenvalue weighted by Crippen LogP contribution is -2.47. The molecule has 0 amide bonds. The third-order valence-corrected chi connectivity index (χ3v) is 6.56. The van der Waals surface area contributed by atoms with E-state index in [4.69, 9.17) is 0 Å².